The second-order valence-electron chi connectivity index (χ2n) is 3.78. The van der Waals surface area contributed by atoms with Crippen LogP contribution in [-0.2, 0) is 7.05 Å². The van der Waals surface area contributed by atoms with Gasteiger partial charge in [-0.3, -0.25) is 4.68 Å². The average molecular weight is 236 g/mol. The van der Waals surface area contributed by atoms with Gasteiger partial charge >= 0.3 is 0 Å². The normalized spacial score (nSPS) is 13.0. The SMILES string of the molecule is CNC(c1sc(C)nc1C)c1ccnn1C. The van der Waals surface area contributed by atoms with Crippen molar-refractivity contribution in [3.63, 3.8) is 0 Å². The van der Waals surface area contributed by atoms with Crippen molar-refractivity contribution in [3.8, 4) is 0 Å². The third-order valence-electron chi connectivity index (χ3n) is 2.64. The summed E-state index contributed by atoms with van der Waals surface area (Å²) in [4.78, 5) is 5.74. The number of hydrogen-bond acceptors (Lipinski definition) is 4. The first-order valence-electron chi connectivity index (χ1n) is 5.22. The van der Waals surface area contributed by atoms with E-state index in [-0.39, 0.29) is 6.04 Å². The van der Waals surface area contributed by atoms with E-state index in [4.69, 9.17) is 0 Å². The van der Waals surface area contributed by atoms with Crippen molar-refractivity contribution in [1.29, 1.82) is 0 Å². The Morgan fingerprint density at radius 1 is 1.44 bits per heavy atom. The van der Waals surface area contributed by atoms with E-state index in [1.165, 1.54) is 4.88 Å². The van der Waals surface area contributed by atoms with Gasteiger partial charge in [0.25, 0.3) is 0 Å². The van der Waals surface area contributed by atoms with Crippen molar-refractivity contribution in [3.05, 3.63) is 33.5 Å². The summed E-state index contributed by atoms with van der Waals surface area (Å²) in [5, 5.41) is 8.64. The molecule has 0 fully saturated rings. The predicted octanol–water partition coefficient (Wildman–Crippen LogP) is 1.80. The first-order valence-corrected chi connectivity index (χ1v) is 6.04. The summed E-state index contributed by atoms with van der Waals surface area (Å²) in [6, 6.07) is 2.22. The molecule has 1 atom stereocenters. The highest BCUT2D eigenvalue weighted by Crippen LogP contribution is 2.29. The van der Waals surface area contributed by atoms with Gasteiger partial charge in [0.2, 0.25) is 0 Å². The van der Waals surface area contributed by atoms with Crippen LogP contribution in [0, 0.1) is 13.8 Å². The first-order chi connectivity index (χ1) is 7.63. The van der Waals surface area contributed by atoms with Crippen molar-refractivity contribution in [2.45, 2.75) is 19.9 Å². The third kappa shape index (κ3) is 1.88. The van der Waals surface area contributed by atoms with Crippen LogP contribution in [0.4, 0.5) is 0 Å². The lowest BCUT2D eigenvalue weighted by Crippen LogP contribution is -2.20. The number of aromatic nitrogens is 3. The van der Waals surface area contributed by atoms with Gasteiger partial charge in [0.15, 0.2) is 0 Å². The molecule has 0 aliphatic carbocycles. The molecule has 4 nitrogen and oxygen atoms in total. The molecule has 0 saturated carbocycles. The molecule has 2 heterocycles. The summed E-state index contributed by atoms with van der Waals surface area (Å²) in [6.45, 7) is 4.09. The Kier molecular flexibility index (Phi) is 3.07. The fourth-order valence-corrected chi connectivity index (χ4v) is 2.95. The maximum Gasteiger partial charge on any atom is 0.0900 e. The van der Waals surface area contributed by atoms with Gasteiger partial charge in [0.1, 0.15) is 0 Å². The largest absolute Gasteiger partial charge is 0.307 e. The molecule has 0 bridgehead atoms. The van der Waals surface area contributed by atoms with Crippen molar-refractivity contribution < 1.29 is 0 Å². The van der Waals surface area contributed by atoms with Crippen LogP contribution in [0.15, 0.2) is 12.3 Å². The van der Waals surface area contributed by atoms with Crippen molar-refractivity contribution >= 4 is 11.3 Å². The van der Waals surface area contributed by atoms with E-state index in [1.54, 1.807) is 11.3 Å². The second-order valence-corrected chi connectivity index (χ2v) is 5.02. The van der Waals surface area contributed by atoms with Crippen LogP contribution >= 0.6 is 11.3 Å². The molecule has 1 unspecified atom stereocenters. The maximum atomic E-state index is 4.47. The second kappa shape index (κ2) is 4.35. The summed E-state index contributed by atoms with van der Waals surface area (Å²) in [7, 11) is 3.93. The van der Waals surface area contributed by atoms with E-state index < -0.39 is 0 Å². The number of hydrogen-bond donors (Lipinski definition) is 1. The Hall–Kier alpha value is -1.20. The lowest BCUT2D eigenvalue weighted by Gasteiger charge is -2.15. The van der Waals surface area contributed by atoms with Gasteiger partial charge in [-0.25, -0.2) is 4.98 Å². The Morgan fingerprint density at radius 2 is 2.19 bits per heavy atom. The van der Waals surface area contributed by atoms with Crippen LogP contribution in [0.1, 0.15) is 27.3 Å². The Balaban J connectivity index is 2.44. The fraction of sp³-hybridized carbons (Fsp3) is 0.455. The van der Waals surface area contributed by atoms with E-state index in [2.05, 4.69) is 22.3 Å². The zero-order valence-electron chi connectivity index (χ0n) is 9.98. The van der Waals surface area contributed by atoms with E-state index in [9.17, 15) is 0 Å². The molecule has 0 saturated heterocycles. The van der Waals surface area contributed by atoms with Crippen molar-refractivity contribution in [2.24, 2.45) is 7.05 Å². The molecule has 5 heteroatoms. The molecule has 16 heavy (non-hydrogen) atoms. The van der Waals surface area contributed by atoms with Gasteiger partial charge in [0.05, 0.1) is 27.3 Å². The number of aryl methyl sites for hydroxylation is 3. The fourth-order valence-electron chi connectivity index (χ4n) is 1.90. The molecule has 2 aromatic rings. The molecular formula is C11H16N4S. The highest BCUT2D eigenvalue weighted by Gasteiger charge is 2.20. The molecule has 86 valence electrons. The van der Waals surface area contributed by atoms with Crippen molar-refractivity contribution in [2.75, 3.05) is 7.05 Å². The van der Waals surface area contributed by atoms with Crippen LogP contribution in [0.25, 0.3) is 0 Å². The van der Waals surface area contributed by atoms with E-state index in [1.807, 2.05) is 38.0 Å². The van der Waals surface area contributed by atoms with E-state index >= 15 is 0 Å². The van der Waals surface area contributed by atoms with Gasteiger partial charge in [-0.2, -0.15) is 5.10 Å². The maximum absolute atomic E-state index is 4.47. The minimum Gasteiger partial charge on any atom is -0.307 e. The van der Waals surface area contributed by atoms with Crippen LogP contribution in [-0.4, -0.2) is 21.8 Å². The molecule has 0 spiro atoms. The Morgan fingerprint density at radius 3 is 2.62 bits per heavy atom. The summed E-state index contributed by atoms with van der Waals surface area (Å²) in [5.74, 6) is 0. The first kappa shape index (κ1) is 11.3. The molecule has 0 aliphatic rings. The summed E-state index contributed by atoms with van der Waals surface area (Å²) in [5.41, 5.74) is 2.26. The van der Waals surface area contributed by atoms with Gasteiger partial charge < -0.3 is 5.32 Å². The summed E-state index contributed by atoms with van der Waals surface area (Å²) < 4.78 is 1.90. The van der Waals surface area contributed by atoms with Gasteiger partial charge in [-0.15, -0.1) is 11.3 Å². The van der Waals surface area contributed by atoms with Crippen LogP contribution in [0.2, 0.25) is 0 Å². The number of thiazole rings is 1. The average Bonchev–Trinajstić information content (AvgIpc) is 2.77. The van der Waals surface area contributed by atoms with E-state index in [0.717, 1.165) is 16.4 Å². The molecular weight excluding hydrogens is 220 g/mol. The zero-order chi connectivity index (χ0) is 11.7. The van der Waals surface area contributed by atoms with Crippen LogP contribution in [0.5, 0.6) is 0 Å². The quantitative estimate of drug-likeness (QED) is 0.883. The lowest BCUT2D eigenvalue weighted by molar-refractivity contribution is 0.610. The minimum atomic E-state index is 0.179. The Bertz CT molecular complexity index is 486. The monoisotopic (exact) mass is 236 g/mol. The molecule has 0 radical (unpaired) electrons. The number of nitrogens with one attached hydrogen (secondary N) is 1. The van der Waals surface area contributed by atoms with Crippen LogP contribution in [0.3, 0.4) is 0 Å². The minimum absolute atomic E-state index is 0.179. The number of rotatable bonds is 3. The lowest BCUT2D eigenvalue weighted by atomic mass is 10.1. The molecule has 2 aromatic heterocycles. The molecule has 2 rings (SSSR count). The van der Waals surface area contributed by atoms with Gasteiger partial charge in [0, 0.05) is 13.2 Å². The smallest absolute Gasteiger partial charge is 0.0900 e. The zero-order valence-corrected chi connectivity index (χ0v) is 10.8. The summed E-state index contributed by atoms with van der Waals surface area (Å²) >= 11 is 1.74. The van der Waals surface area contributed by atoms with E-state index in [0.29, 0.717) is 0 Å². The molecule has 0 amide bonds. The topological polar surface area (TPSA) is 42.7 Å². The van der Waals surface area contributed by atoms with Gasteiger partial charge in [-0.05, 0) is 27.0 Å². The highest BCUT2D eigenvalue weighted by atomic mass is 32.1. The molecule has 1 N–H and O–H groups in total. The Labute approximate surface area is 99.3 Å². The van der Waals surface area contributed by atoms with Crippen molar-refractivity contribution in [1.82, 2.24) is 20.1 Å². The standard InChI is InChI=1S/C11H16N4S/c1-7-11(16-8(2)14-7)10(12-3)9-5-6-13-15(9)4/h5-6,10,12H,1-4H3. The molecule has 0 aromatic carbocycles. The van der Waals surface area contributed by atoms with Gasteiger partial charge in [-0.1, -0.05) is 0 Å². The molecule has 0 aliphatic heterocycles. The summed E-state index contributed by atoms with van der Waals surface area (Å²) in [6.07, 6.45) is 1.82. The third-order valence-corrected chi connectivity index (χ3v) is 3.78. The highest BCUT2D eigenvalue weighted by molar-refractivity contribution is 7.11. The van der Waals surface area contributed by atoms with Crippen LogP contribution < -0.4 is 5.32 Å². The number of nitrogens with zero attached hydrogens (tertiary/aromatic N) is 3. The predicted molar refractivity (Wildman–Crippen MR) is 65.7 cm³/mol.